The van der Waals surface area contributed by atoms with Gasteiger partial charge in [0.25, 0.3) is 0 Å². The van der Waals surface area contributed by atoms with Crippen LogP contribution in [-0.4, -0.2) is 51.1 Å². The summed E-state index contributed by atoms with van der Waals surface area (Å²) in [5, 5.41) is 3.83. The average Bonchev–Trinajstić information content (AvgIpc) is 2.73. The number of sulfonamides is 1. The van der Waals surface area contributed by atoms with Gasteiger partial charge in [-0.2, -0.15) is 5.10 Å². The quantitative estimate of drug-likeness (QED) is 0.400. The summed E-state index contributed by atoms with van der Waals surface area (Å²) >= 11 is 0. The molecule has 2 aromatic rings. The molecule has 0 aliphatic carbocycles. The first-order valence-electron chi connectivity index (χ1n) is 9.69. The van der Waals surface area contributed by atoms with Crippen LogP contribution in [0.25, 0.3) is 0 Å². The molecule has 1 fully saturated rings. The van der Waals surface area contributed by atoms with Crippen molar-refractivity contribution in [2.45, 2.75) is 18.8 Å². The summed E-state index contributed by atoms with van der Waals surface area (Å²) in [7, 11) is -3.41. The molecule has 0 bridgehead atoms. The van der Waals surface area contributed by atoms with Crippen molar-refractivity contribution in [3.05, 3.63) is 59.9 Å². The maximum Gasteiger partial charge on any atom is 0.229 e. The van der Waals surface area contributed by atoms with Gasteiger partial charge in [-0.25, -0.2) is 12.8 Å². The van der Waals surface area contributed by atoms with Crippen molar-refractivity contribution in [1.29, 1.82) is 0 Å². The molecule has 1 saturated heterocycles. The molecule has 0 aromatic heterocycles. The summed E-state index contributed by atoms with van der Waals surface area (Å²) in [4.78, 5) is 6.59. The lowest BCUT2D eigenvalue weighted by Crippen LogP contribution is -2.37. The van der Waals surface area contributed by atoms with E-state index in [9.17, 15) is 12.8 Å². The van der Waals surface area contributed by atoms with Crippen molar-refractivity contribution in [3.63, 3.8) is 0 Å². The Morgan fingerprint density at radius 1 is 1.23 bits per heavy atom. The van der Waals surface area contributed by atoms with Crippen molar-refractivity contribution in [2.24, 2.45) is 15.9 Å². The van der Waals surface area contributed by atoms with Crippen LogP contribution >= 0.6 is 0 Å². The number of anilines is 1. The van der Waals surface area contributed by atoms with E-state index in [1.54, 1.807) is 12.3 Å². The van der Waals surface area contributed by atoms with Gasteiger partial charge in [-0.15, -0.1) is 0 Å². The molecule has 2 aromatic carbocycles. The Kier molecular flexibility index (Phi) is 7.17. The minimum atomic E-state index is -3.41. The zero-order valence-electron chi connectivity index (χ0n) is 16.8. The fraction of sp³-hybridized carbons (Fsp3) is 0.333. The zero-order valence-corrected chi connectivity index (χ0v) is 17.6. The number of hydrazone groups is 1. The van der Waals surface area contributed by atoms with E-state index in [1.165, 1.54) is 12.1 Å². The number of aliphatic imine (C=N–C) groups is 1. The molecule has 9 heteroatoms. The van der Waals surface area contributed by atoms with Crippen LogP contribution in [0.15, 0.2) is 58.6 Å². The fourth-order valence-electron chi connectivity index (χ4n) is 3.54. The minimum absolute atomic E-state index is 0.0267. The number of nitrogens with one attached hydrogen (secondary N) is 1. The van der Waals surface area contributed by atoms with Gasteiger partial charge in [0.15, 0.2) is 0 Å². The maximum absolute atomic E-state index is 14.4. The number of para-hydroxylation sites is 1. The standard InChI is InChI=1S/C21H26FN5O2S/c1-30(28,29)26-18-7-8-21(22)20(13-18)16-9-11-27(12-10-16)15-19(25-23)14-24-17-5-3-2-4-6-17/h2-8,13-14,16,26H,9-12,15,23H2,1H3. The van der Waals surface area contributed by atoms with Crippen molar-refractivity contribution in [2.75, 3.05) is 30.6 Å². The Labute approximate surface area is 176 Å². The number of likely N-dealkylation sites (tertiary alicyclic amines) is 1. The van der Waals surface area contributed by atoms with Crippen LogP contribution < -0.4 is 10.6 Å². The Morgan fingerprint density at radius 2 is 1.93 bits per heavy atom. The Hall–Kier alpha value is -2.78. The van der Waals surface area contributed by atoms with Gasteiger partial charge in [0.05, 0.1) is 23.9 Å². The van der Waals surface area contributed by atoms with Crippen LogP contribution in [0.5, 0.6) is 0 Å². The number of hydrogen-bond donors (Lipinski definition) is 2. The summed E-state index contributed by atoms with van der Waals surface area (Å²) in [6.07, 6.45) is 4.26. The molecule has 160 valence electrons. The molecule has 1 heterocycles. The smallest absolute Gasteiger partial charge is 0.229 e. The van der Waals surface area contributed by atoms with Crippen LogP contribution in [0.3, 0.4) is 0 Å². The molecule has 30 heavy (non-hydrogen) atoms. The SMILES string of the molecule is CS(=O)(=O)Nc1ccc(F)c(C2CCN(CC(C=Nc3ccccc3)=NN)CC2)c1. The Balaban J connectivity index is 1.59. The van der Waals surface area contributed by atoms with Gasteiger partial charge in [-0.05, 0) is 67.7 Å². The molecule has 3 N–H and O–H groups in total. The predicted molar refractivity (Wildman–Crippen MR) is 119 cm³/mol. The van der Waals surface area contributed by atoms with Crippen molar-refractivity contribution < 1.29 is 12.8 Å². The molecule has 0 spiro atoms. The number of rotatable bonds is 7. The second-order valence-electron chi connectivity index (χ2n) is 7.38. The van der Waals surface area contributed by atoms with Crippen LogP contribution in [0.1, 0.15) is 24.3 Å². The highest BCUT2D eigenvalue weighted by Crippen LogP contribution is 2.31. The second kappa shape index (κ2) is 9.82. The molecular formula is C21H26FN5O2S. The summed E-state index contributed by atoms with van der Waals surface area (Å²) in [5.74, 6) is 5.24. The summed E-state index contributed by atoms with van der Waals surface area (Å²) < 4.78 is 39.7. The van der Waals surface area contributed by atoms with Crippen LogP contribution in [0.2, 0.25) is 0 Å². The topological polar surface area (TPSA) is 100 Å². The normalized spacial score (nSPS) is 16.8. The molecule has 3 rings (SSSR count). The van der Waals surface area contributed by atoms with Crippen molar-refractivity contribution >= 4 is 33.3 Å². The van der Waals surface area contributed by atoms with Gasteiger partial charge in [0.1, 0.15) is 5.82 Å². The number of hydrogen-bond acceptors (Lipinski definition) is 6. The van der Waals surface area contributed by atoms with Gasteiger partial charge < -0.3 is 5.84 Å². The summed E-state index contributed by atoms with van der Waals surface area (Å²) in [5.41, 5.74) is 2.42. The number of nitrogens with zero attached hydrogens (tertiary/aromatic N) is 3. The van der Waals surface area contributed by atoms with E-state index in [4.69, 9.17) is 5.84 Å². The van der Waals surface area contributed by atoms with Crippen LogP contribution in [0, 0.1) is 5.82 Å². The van der Waals surface area contributed by atoms with E-state index in [0.29, 0.717) is 23.5 Å². The summed E-state index contributed by atoms with van der Waals surface area (Å²) in [6.45, 7) is 2.08. The molecule has 0 atom stereocenters. The van der Waals surface area contributed by atoms with Crippen molar-refractivity contribution in [3.8, 4) is 0 Å². The van der Waals surface area contributed by atoms with E-state index >= 15 is 0 Å². The van der Waals surface area contributed by atoms with E-state index in [-0.39, 0.29) is 11.7 Å². The maximum atomic E-state index is 14.4. The third-order valence-electron chi connectivity index (χ3n) is 5.00. The molecule has 1 aliphatic rings. The largest absolute Gasteiger partial charge is 0.323 e. The lowest BCUT2D eigenvalue weighted by molar-refractivity contribution is 0.237. The first-order chi connectivity index (χ1) is 14.3. The predicted octanol–water partition coefficient (Wildman–Crippen LogP) is 3.09. The van der Waals surface area contributed by atoms with Crippen LogP contribution in [-0.2, 0) is 10.0 Å². The number of piperidine rings is 1. The van der Waals surface area contributed by atoms with E-state index < -0.39 is 10.0 Å². The highest BCUT2D eigenvalue weighted by Gasteiger charge is 2.24. The van der Waals surface area contributed by atoms with Gasteiger partial charge in [0.2, 0.25) is 10.0 Å². The number of benzene rings is 2. The molecule has 0 saturated carbocycles. The first-order valence-corrected chi connectivity index (χ1v) is 11.6. The van der Waals surface area contributed by atoms with Crippen molar-refractivity contribution in [1.82, 2.24) is 4.90 Å². The van der Waals surface area contributed by atoms with Gasteiger partial charge in [-0.1, -0.05) is 18.2 Å². The average molecular weight is 432 g/mol. The Bertz CT molecular complexity index is 1020. The highest BCUT2D eigenvalue weighted by molar-refractivity contribution is 7.92. The molecular weight excluding hydrogens is 405 g/mol. The Morgan fingerprint density at radius 3 is 2.57 bits per heavy atom. The van der Waals surface area contributed by atoms with E-state index in [1.807, 2.05) is 30.3 Å². The minimum Gasteiger partial charge on any atom is -0.323 e. The fourth-order valence-corrected chi connectivity index (χ4v) is 4.10. The second-order valence-corrected chi connectivity index (χ2v) is 9.12. The van der Waals surface area contributed by atoms with E-state index in [2.05, 4.69) is 19.7 Å². The van der Waals surface area contributed by atoms with Gasteiger partial charge >= 0.3 is 0 Å². The lowest BCUT2D eigenvalue weighted by atomic mass is 9.88. The third kappa shape index (κ3) is 6.36. The molecule has 0 radical (unpaired) electrons. The first kappa shape index (κ1) is 21.9. The lowest BCUT2D eigenvalue weighted by Gasteiger charge is -2.32. The monoisotopic (exact) mass is 431 g/mol. The molecule has 0 unspecified atom stereocenters. The van der Waals surface area contributed by atoms with E-state index in [0.717, 1.165) is 37.9 Å². The third-order valence-corrected chi connectivity index (χ3v) is 5.60. The van der Waals surface area contributed by atoms with Gasteiger partial charge in [-0.3, -0.25) is 14.6 Å². The zero-order chi connectivity index (χ0) is 21.6. The molecule has 7 nitrogen and oxygen atoms in total. The molecule has 0 amide bonds. The molecule has 1 aliphatic heterocycles. The van der Waals surface area contributed by atoms with Crippen LogP contribution in [0.4, 0.5) is 15.8 Å². The highest BCUT2D eigenvalue weighted by atomic mass is 32.2. The summed E-state index contributed by atoms with van der Waals surface area (Å²) in [6, 6.07) is 13.9. The number of halogens is 1. The number of nitrogens with two attached hydrogens (primary N) is 1. The van der Waals surface area contributed by atoms with Gasteiger partial charge in [0, 0.05) is 12.2 Å².